The molecule has 3 rings (SSSR count). The zero-order chi connectivity index (χ0) is 11.6. The van der Waals surface area contributed by atoms with Gasteiger partial charge in [0, 0.05) is 6.61 Å². The van der Waals surface area contributed by atoms with Gasteiger partial charge < -0.3 is 5.11 Å². The molecule has 0 unspecified atom stereocenters. The van der Waals surface area contributed by atoms with Crippen LogP contribution < -0.4 is 0 Å². The molecule has 1 nitrogen and oxygen atoms in total. The molecule has 0 heterocycles. The SMILES string of the molecule is C=C1[C@H]2CC[C@H](CO)[C@]23CC[C@H](C3)C1(C)C. The van der Waals surface area contributed by atoms with E-state index in [0.29, 0.717) is 29.3 Å². The molecule has 0 aromatic carbocycles. The number of aliphatic hydroxyl groups is 1. The molecule has 3 aliphatic rings. The standard InChI is InChI=1S/C15H24O/c1-10-13-5-4-12(9-16)15(13)7-6-11(8-15)14(10,2)3/h11-13,16H,1,4-9H2,2-3H3/t11-,12-,13-,15-/m1/s1. The Bertz CT molecular complexity index is 330. The van der Waals surface area contributed by atoms with Gasteiger partial charge in [0.15, 0.2) is 0 Å². The van der Waals surface area contributed by atoms with Crippen molar-refractivity contribution >= 4 is 0 Å². The van der Waals surface area contributed by atoms with Crippen LogP contribution in [0.2, 0.25) is 0 Å². The Labute approximate surface area is 98.9 Å². The molecule has 0 saturated heterocycles. The first-order valence-corrected chi connectivity index (χ1v) is 6.82. The van der Waals surface area contributed by atoms with E-state index in [1.54, 1.807) is 0 Å². The van der Waals surface area contributed by atoms with Crippen molar-refractivity contribution in [3.05, 3.63) is 12.2 Å². The van der Waals surface area contributed by atoms with Crippen molar-refractivity contribution in [2.45, 2.75) is 46.0 Å². The van der Waals surface area contributed by atoms with Crippen molar-refractivity contribution in [1.29, 1.82) is 0 Å². The maximum Gasteiger partial charge on any atom is 0.0464 e. The third-order valence-electron chi connectivity index (χ3n) is 6.38. The van der Waals surface area contributed by atoms with Crippen LogP contribution in [0.3, 0.4) is 0 Å². The normalized spacial score (nSPS) is 49.4. The van der Waals surface area contributed by atoms with Crippen molar-refractivity contribution in [3.8, 4) is 0 Å². The van der Waals surface area contributed by atoms with Gasteiger partial charge in [0.05, 0.1) is 0 Å². The lowest BCUT2D eigenvalue weighted by Crippen LogP contribution is -2.41. The van der Waals surface area contributed by atoms with Crippen LogP contribution in [-0.2, 0) is 0 Å². The molecule has 0 radical (unpaired) electrons. The van der Waals surface area contributed by atoms with Gasteiger partial charge in [-0.3, -0.25) is 0 Å². The summed E-state index contributed by atoms with van der Waals surface area (Å²) in [7, 11) is 0. The molecule has 0 aromatic rings. The first-order valence-electron chi connectivity index (χ1n) is 6.82. The van der Waals surface area contributed by atoms with Gasteiger partial charge in [0.2, 0.25) is 0 Å². The van der Waals surface area contributed by atoms with Crippen LogP contribution in [0.15, 0.2) is 12.2 Å². The van der Waals surface area contributed by atoms with Crippen LogP contribution in [0.25, 0.3) is 0 Å². The molecule has 0 amide bonds. The van der Waals surface area contributed by atoms with Gasteiger partial charge in [0.1, 0.15) is 0 Å². The van der Waals surface area contributed by atoms with Crippen LogP contribution in [-0.4, -0.2) is 11.7 Å². The molecular formula is C15H24O. The van der Waals surface area contributed by atoms with Crippen molar-refractivity contribution in [1.82, 2.24) is 0 Å². The van der Waals surface area contributed by atoms with Crippen molar-refractivity contribution in [3.63, 3.8) is 0 Å². The second kappa shape index (κ2) is 3.13. The summed E-state index contributed by atoms with van der Waals surface area (Å²) in [6.07, 6.45) is 6.56. The molecule has 0 aromatic heterocycles. The van der Waals surface area contributed by atoms with Crippen LogP contribution >= 0.6 is 0 Å². The lowest BCUT2D eigenvalue weighted by Gasteiger charge is -2.49. The van der Waals surface area contributed by atoms with Gasteiger partial charge in [-0.2, -0.15) is 0 Å². The molecule has 1 spiro atoms. The fourth-order valence-electron chi connectivity index (χ4n) is 5.14. The Kier molecular flexibility index (Phi) is 2.12. The van der Waals surface area contributed by atoms with E-state index in [1.807, 2.05) is 0 Å². The van der Waals surface area contributed by atoms with Crippen LogP contribution in [0.5, 0.6) is 0 Å². The number of hydrogen-bond donors (Lipinski definition) is 1. The van der Waals surface area contributed by atoms with E-state index in [2.05, 4.69) is 20.4 Å². The first-order chi connectivity index (χ1) is 7.52. The summed E-state index contributed by atoms with van der Waals surface area (Å²) >= 11 is 0. The lowest BCUT2D eigenvalue weighted by atomic mass is 9.56. The fourth-order valence-corrected chi connectivity index (χ4v) is 5.14. The van der Waals surface area contributed by atoms with Gasteiger partial charge in [-0.15, -0.1) is 0 Å². The largest absolute Gasteiger partial charge is 0.396 e. The molecule has 4 atom stereocenters. The summed E-state index contributed by atoms with van der Waals surface area (Å²) in [6.45, 7) is 9.61. The number of rotatable bonds is 1. The summed E-state index contributed by atoms with van der Waals surface area (Å²) in [6, 6.07) is 0. The third kappa shape index (κ3) is 1.06. The van der Waals surface area contributed by atoms with Gasteiger partial charge in [-0.05, 0) is 60.7 Å². The highest BCUT2D eigenvalue weighted by molar-refractivity contribution is 5.27. The predicted molar refractivity (Wildman–Crippen MR) is 66.0 cm³/mol. The van der Waals surface area contributed by atoms with E-state index < -0.39 is 0 Å². The number of hydrogen-bond acceptors (Lipinski definition) is 1. The second-order valence-corrected chi connectivity index (χ2v) is 6.93. The molecule has 3 fully saturated rings. The maximum absolute atomic E-state index is 9.61. The van der Waals surface area contributed by atoms with Gasteiger partial charge in [-0.25, -0.2) is 0 Å². The minimum absolute atomic E-state index is 0.342. The van der Waals surface area contributed by atoms with E-state index in [-0.39, 0.29) is 0 Å². The van der Waals surface area contributed by atoms with E-state index in [0.717, 1.165) is 5.92 Å². The van der Waals surface area contributed by atoms with Crippen LogP contribution in [0, 0.1) is 28.6 Å². The summed E-state index contributed by atoms with van der Waals surface area (Å²) in [5.41, 5.74) is 2.29. The third-order valence-corrected chi connectivity index (χ3v) is 6.38. The molecule has 2 bridgehead atoms. The predicted octanol–water partition coefficient (Wildman–Crippen LogP) is 3.39. The molecule has 1 N–H and O–H groups in total. The summed E-state index contributed by atoms with van der Waals surface area (Å²) in [4.78, 5) is 0. The van der Waals surface area contributed by atoms with Crippen molar-refractivity contribution in [2.75, 3.05) is 6.61 Å². The zero-order valence-electron chi connectivity index (χ0n) is 10.6. The van der Waals surface area contributed by atoms with E-state index in [1.165, 1.54) is 37.7 Å². The molecule has 90 valence electrons. The number of aliphatic hydroxyl groups excluding tert-OH is 1. The van der Waals surface area contributed by atoms with Crippen LogP contribution in [0.4, 0.5) is 0 Å². The highest BCUT2D eigenvalue weighted by Gasteiger charge is 2.61. The lowest BCUT2D eigenvalue weighted by molar-refractivity contribution is 0.0515. The minimum Gasteiger partial charge on any atom is -0.396 e. The second-order valence-electron chi connectivity index (χ2n) is 6.93. The van der Waals surface area contributed by atoms with E-state index in [9.17, 15) is 5.11 Å². The van der Waals surface area contributed by atoms with E-state index in [4.69, 9.17) is 0 Å². The quantitative estimate of drug-likeness (QED) is 0.672. The van der Waals surface area contributed by atoms with E-state index >= 15 is 0 Å². The first kappa shape index (κ1) is 10.8. The van der Waals surface area contributed by atoms with Crippen molar-refractivity contribution in [2.24, 2.45) is 28.6 Å². The van der Waals surface area contributed by atoms with Crippen molar-refractivity contribution < 1.29 is 5.11 Å². The number of allylic oxidation sites excluding steroid dienone is 1. The summed E-state index contributed by atoms with van der Waals surface area (Å²) in [5.74, 6) is 2.09. The monoisotopic (exact) mass is 220 g/mol. The minimum atomic E-state index is 0.342. The Morgan fingerprint density at radius 1 is 1.31 bits per heavy atom. The zero-order valence-corrected chi connectivity index (χ0v) is 10.6. The average molecular weight is 220 g/mol. The Hall–Kier alpha value is -0.300. The maximum atomic E-state index is 9.61. The summed E-state index contributed by atoms with van der Waals surface area (Å²) < 4.78 is 0. The average Bonchev–Trinajstić information content (AvgIpc) is 2.81. The molecular weight excluding hydrogens is 196 g/mol. The Balaban J connectivity index is 2.03. The fraction of sp³-hybridized carbons (Fsp3) is 0.867. The molecule has 16 heavy (non-hydrogen) atoms. The summed E-state index contributed by atoms with van der Waals surface area (Å²) in [5, 5.41) is 9.61. The number of fused-ring (bicyclic) bond motifs is 1. The molecule has 1 heteroatoms. The smallest absolute Gasteiger partial charge is 0.0464 e. The topological polar surface area (TPSA) is 20.2 Å². The highest BCUT2D eigenvalue weighted by Crippen LogP contribution is 2.69. The Morgan fingerprint density at radius 3 is 2.75 bits per heavy atom. The van der Waals surface area contributed by atoms with Gasteiger partial charge >= 0.3 is 0 Å². The molecule has 0 aliphatic heterocycles. The van der Waals surface area contributed by atoms with Crippen LogP contribution in [0.1, 0.15) is 46.0 Å². The van der Waals surface area contributed by atoms with Gasteiger partial charge in [-0.1, -0.05) is 26.0 Å². The molecule has 3 aliphatic carbocycles. The molecule has 3 saturated carbocycles. The van der Waals surface area contributed by atoms with Gasteiger partial charge in [0.25, 0.3) is 0 Å². The highest BCUT2D eigenvalue weighted by atomic mass is 16.3. The Morgan fingerprint density at radius 2 is 2.06 bits per heavy atom.